The predicted octanol–water partition coefficient (Wildman–Crippen LogP) is 2.70. The molecule has 1 aliphatic carbocycles. The minimum absolute atomic E-state index is 0.227. The van der Waals surface area contributed by atoms with Crippen LogP contribution in [0.15, 0.2) is 24.3 Å². The van der Waals surface area contributed by atoms with Gasteiger partial charge in [-0.25, -0.2) is 0 Å². The van der Waals surface area contributed by atoms with Crippen molar-refractivity contribution in [1.29, 1.82) is 0 Å². The van der Waals surface area contributed by atoms with Gasteiger partial charge < -0.3 is 4.74 Å². The molecule has 2 aliphatic rings. The van der Waals surface area contributed by atoms with Gasteiger partial charge in [0, 0.05) is 5.56 Å². The van der Waals surface area contributed by atoms with Gasteiger partial charge in [0.1, 0.15) is 0 Å². The van der Waals surface area contributed by atoms with Gasteiger partial charge >= 0.3 is 0 Å². The van der Waals surface area contributed by atoms with Crippen LogP contribution in [-0.2, 0) is 9.53 Å². The Kier molecular flexibility index (Phi) is 2.42. The standard InChI is InChI=1S/C15H16O3/c1-15(2)8-7-11-13(17)12(16)9-5-3-4-6-10(9)14(11)18-15/h3-6,11,14H,7-8H2,1-2H3/t11-,14-/m1/s1. The van der Waals surface area contributed by atoms with Crippen LogP contribution in [0, 0.1) is 5.92 Å². The lowest BCUT2D eigenvalue weighted by molar-refractivity contribution is -0.154. The monoisotopic (exact) mass is 244 g/mol. The van der Waals surface area contributed by atoms with Crippen molar-refractivity contribution in [2.75, 3.05) is 0 Å². The van der Waals surface area contributed by atoms with Gasteiger partial charge in [-0.05, 0) is 32.3 Å². The number of carbonyl (C=O) groups is 2. The Hall–Kier alpha value is -1.48. The van der Waals surface area contributed by atoms with Gasteiger partial charge in [0.25, 0.3) is 0 Å². The normalized spacial score (nSPS) is 29.7. The molecule has 0 saturated carbocycles. The van der Waals surface area contributed by atoms with Gasteiger partial charge in [-0.15, -0.1) is 0 Å². The molecule has 2 atom stereocenters. The first-order chi connectivity index (χ1) is 8.49. The molecule has 94 valence electrons. The molecule has 3 nitrogen and oxygen atoms in total. The molecule has 0 amide bonds. The Bertz CT molecular complexity index is 530. The molecular formula is C15H16O3. The number of hydrogen-bond donors (Lipinski definition) is 0. The lowest BCUT2D eigenvalue weighted by Crippen LogP contribution is -2.44. The molecule has 3 rings (SSSR count). The fraction of sp³-hybridized carbons (Fsp3) is 0.467. The first-order valence-corrected chi connectivity index (χ1v) is 6.35. The fourth-order valence-corrected chi connectivity index (χ4v) is 2.94. The molecule has 1 aromatic carbocycles. The lowest BCUT2D eigenvalue weighted by atomic mass is 9.74. The van der Waals surface area contributed by atoms with Crippen LogP contribution in [0.25, 0.3) is 0 Å². The second kappa shape index (κ2) is 3.75. The minimum Gasteiger partial charge on any atom is -0.367 e. The van der Waals surface area contributed by atoms with Crippen LogP contribution in [0.1, 0.15) is 48.7 Å². The van der Waals surface area contributed by atoms with Gasteiger partial charge in [0.2, 0.25) is 11.6 Å². The van der Waals surface area contributed by atoms with Crippen LogP contribution in [0.2, 0.25) is 0 Å². The van der Waals surface area contributed by atoms with E-state index in [9.17, 15) is 9.59 Å². The summed E-state index contributed by atoms with van der Waals surface area (Å²) in [6.07, 6.45) is 1.29. The van der Waals surface area contributed by atoms with Crippen molar-refractivity contribution in [3.8, 4) is 0 Å². The smallest absolute Gasteiger partial charge is 0.229 e. The highest BCUT2D eigenvalue weighted by Gasteiger charge is 2.46. The van der Waals surface area contributed by atoms with E-state index >= 15 is 0 Å². The summed E-state index contributed by atoms with van der Waals surface area (Å²) in [7, 11) is 0. The number of Topliss-reactive ketones (excluding diaryl/α,β-unsaturated/α-hetero) is 2. The Morgan fingerprint density at radius 2 is 1.94 bits per heavy atom. The Balaban J connectivity index is 2.11. The van der Waals surface area contributed by atoms with Crippen molar-refractivity contribution in [1.82, 2.24) is 0 Å². The maximum absolute atomic E-state index is 12.1. The van der Waals surface area contributed by atoms with Crippen LogP contribution in [-0.4, -0.2) is 17.2 Å². The molecule has 0 bridgehead atoms. The molecule has 1 heterocycles. The van der Waals surface area contributed by atoms with E-state index < -0.39 is 0 Å². The highest BCUT2D eigenvalue weighted by atomic mass is 16.5. The summed E-state index contributed by atoms with van der Waals surface area (Å²) in [4.78, 5) is 24.1. The van der Waals surface area contributed by atoms with Gasteiger partial charge in [0.15, 0.2) is 0 Å². The summed E-state index contributed by atoms with van der Waals surface area (Å²) in [5.74, 6) is -0.926. The first-order valence-electron chi connectivity index (χ1n) is 6.35. The van der Waals surface area contributed by atoms with Crippen LogP contribution in [0.4, 0.5) is 0 Å². The molecule has 1 fully saturated rings. The Morgan fingerprint density at radius 3 is 2.72 bits per heavy atom. The minimum atomic E-state index is -0.352. The van der Waals surface area contributed by atoms with Crippen molar-refractivity contribution in [3.05, 3.63) is 35.4 Å². The molecule has 1 saturated heterocycles. The van der Waals surface area contributed by atoms with Crippen molar-refractivity contribution < 1.29 is 14.3 Å². The summed E-state index contributed by atoms with van der Waals surface area (Å²) in [6.45, 7) is 4.07. The van der Waals surface area contributed by atoms with Gasteiger partial charge in [-0.2, -0.15) is 0 Å². The zero-order valence-electron chi connectivity index (χ0n) is 10.6. The number of ether oxygens (including phenoxy) is 1. The third kappa shape index (κ3) is 1.62. The third-order valence-electron chi connectivity index (χ3n) is 3.94. The van der Waals surface area contributed by atoms with E-state index in [4.69, 9.17) is 4.74 Å². The van der Waals surface area contributed by atoms with Crippen molar-refractivity contribution in [2.24, 2.45) is 5.92 Å². The molecule has 0 N–H and O–H groups in total. The van der Waals surface area contributed by atoms with E-state index in [-0.39, 0.29) is 29.2 Å². The number of benzene rings is 1. The van der Waals surface area contributed by atoms with E-state index in [1.807, 2.05) is 26.0 Å². The van der Waals surface area contributed by atoms with Gasteiger partial charge in [0.05, 0.1) is 17.6 Å². The van der Waals surface area contributed by atoms with Crippen molar-refractivity contribution >= 4 is 11.6 Å². The Labute approximate surface area is 106 Å². The highest BCUT2D eigenvalue weighted by molar-refractivity contribution is 6.45. The molecule has 1 aliphatic heterocycles. The van der Waals surface area contributed by atoms with Gasteiger partial charge in [-0.3, -0.25) is 9.59 Å². The second-order valence-corrected chi connectivity index (χ2v) is 5.72. The largest absolute Gasteiger partial charge is 0.367 e. The van der Waals surface area contributed by atoms with Crippen LogP contribution in [0.3, 0.4) is 0 Å². The second-order valence-electron chi connectivity index (χ2n) is 5.72. The van der Waals surface area contributed by atoms with E-state index in [1.165, 1.54) is 0 Å². The third-order valence-corrected chi connectivity index (χ3v) is 3.94. The SMILES string of the molecule is CC1(C)CC[C@@H]2C(=O)C(=O)c3ccccc3[C@H]2O1. The van der Waals surface area contributed by atoms with Crippen molar-refractivity contribution in [3.63, 3.8) is 0 Å². The zero-order chi connectivity index (χ0) is 12.9. The van der Waals surface area contributed by atoms with Gasteiger partial charge in [-0.1, -0.05) is 24.3 Å². The number of fused-ring (bicyclic) bond motifs is 3. The topological polar surface area (TPSA) is 43.4 Å². The van der Waals surface area contributed by atoms with E-state index in [2.05, 4.69) is 0 Å². The lowest BCUT2D eigenvalue weighted by Gasteiger charge is -2.42. The fourth-order valence-electron chi connectivity index (χ4n) is 2.94. The molecule has 0 radical (unpaired) electrons. The number of ketones is 2. The van der Waals surface area contributed by atoms with Crippen LogP contribution >= 0.6 is 0 Å². The summed E-state index contributed by atoms with van der Waals surface area (Å²) in [6, 6.07) is 7.30. The average Bonchev–Trinajstić information content (AvgIpc) is 2.35. The molecule has 0 unspecified atom stereocenters. The Morgan fingerprint density at radius 1 is 1.22 bits per heavy atom. The molecule has 18 heavy (non-hydrogen) atoms. The maximum Gasteiger partial charge on any atom is 0.229 e. The highest BCUT2D eigenvalue weighted by Crippen LogP contribution is 2.45. The summed E-state index contributed by atoms with van der Waals surface area (Å²) in [5, 5.41) is 0. The zero-order valence-corrected chi connectivity index (χ0v) is 10.6. The maximum atomic E-state index is 12.1. The quantitative estimate of drug-likeness (QED) is 0.659. The molecule has 3 heteroatoms. The molecule has 0 aromatic heterocycles. The van der Waals surface area contributed by atoms with Crippen molar-refractivity contribution in [2.45, 2.75) is 38.4 Å². The van der Waals surface area contributed by atoms with E-state index in [0.717, 1.165) is 18.4 Å². The molecular weight excluding hydrogens is 228 g/mol. The van der Waals surface area contributed by atoms with Crippen LogP contribution < -0.4 is 0 Å². The van der Waals surface area contributed by atoms with E-state index in [1.54, 1.807) is 12.1 Å². The summed E-state index contributed by atoms with van der Waals surface area (Å²) in [5.41, 5.74) is 1.16. The number of hydrogen-bond acceptors (Lipinski definition) is 3. The summed E-state index contributed by atoms with van der Waals surface area (Å²) >= 11 is 0. The number of rotatable bonds is 0. The first kappa shape index (κ1) is 11.6. The average molecular weight is 244 g/mol. The molecule has 0 spiro atoms. The van der Waals surface area contributed by atoms with Crippen LogP contribution in [0.5, 0.6) is 0 Å². The number of carbonyl (C=O) groups excluding carboxylic acids is 2. The summed E-state index contributed by atoms with van der Waals surface area (Å²) < 4.78 is 6.05. The predicted molar refractivity (Wildman–Crippen MR) is 66.4 cm³/mol. The van der Waals surface area contributed by atoms with E-state index in [0.29, 0.717) is 5.56 Å². The molecule has 1 aromatic rings.